The molecule has 1 saturated heterocycles. The fourth-order valence-electron chi connectivity index (χ4n) is 1.82. The number of carboxylic acids is 1. The number of esters is 1. The van der Waals surface area contributed by atoms with Gasteiger partial charge in [-0.25, -0.2) is 9.59 Å². The molecule has 0 spiro atoms. The number of ether oxygens (including phenoxy) is 2. The minimum atomic E-state index is -1.06. The summed E-state index contributed by atoms with van der Waals surface area (Å²) in [5, 5.41) is 8.92. The third-order valence-electron chi connectivity index (χ3n) is 2.56. The Morgan fingerprint density at radius 2 is 2.40 bits per heavy atom. The third kappa shape index (κ3) is 1.49. The summed E-state index contributed by atoms with van der Waals surface area (Å²) in [4.78, 5) is 22.3. The van der Waals surface area contributed by atoms with Crippen molar-refractivity contribution in [3.63, 3.8) is 0 Å². The standard InChI is InChI=1S/C10H10O5/c1-2-5-6-3-8(15-10(5)13)14-4-7(6)9(11)12/h2,4,6,8H,3H2,1H3,(H,11,12). The number of hydrogen-bond donors (Lipinski definition) is 1. The first-order chi connectivity index (χ1) is 7.13. The van der Waals surface area contributed by atoms with Crippen molar-refractivity contribution < 1.29 is 24.2 Å². The Hall–Kier alpha value is -1.78. The molecule has 0 aromatic rings. The maximum absolute atomic E-state index is 11.4. The van der Waals surface area contributed by atoms with Gasteiger partial charge in [0.05, 0.1) is 11.8 Å². The molecule has 5 nitrogen and oxygen atoms in total. The van der Waals surface area contributed by atoms with Crippen LogP contribution in [0.1, 0.15) is 13.3 Å². The van der Waals surface area contributed by atoms with Crippen molar-refractivity contribution >= 4 is 11.9 Å². The van der Waals surface area contributed by atoms with Crippen LogP contribution in [0.25, 0.3) is 0 Å². The van der Waals surface area contributed by atoms with E-state index in [2.05, 4.69) is 0 Å². The lowest BCUT2D eigenvalue weighted by Crippen LogP contribution is -2.38. The van der Waals surface area contributed by atoms with Crippen LogP contribution in [0.5, 0.6) is 0 Å². The monoisotopic (exact) mass is 210 g/mol. The van der Waals surface area contributed by atoms with E-state index in [-0.39, 0.29) is 5.57 Å². The Morgan fingerprint density at radius 1 is 1.67 bits per heavy atom. The predicted octanol–water partition coefficient (Wildman–Crippen LogP) is 0.821. The first-order valence-corrected chi connectivity index (χ1v) is 4.59. The predicted molar refractivity (Wildman–Crippen MR) is 48.5 cm³/mol. The topological polar surface area (TPSA) is 72.8 Å². The number of carbonyl (C=O) groups is 2. The molecule has 2 rings (SSSR count). The smallest absolute Gasteiger partial charge is 0.337 e. The molecule has 2 aliphatic heterocycles. The van der Waals surface area contributed by atoms with Gasteiger partial charge in [-0.15, -0.1) is 0 Å². The van der Waals surface area contributed by atoms with Gasteiger partial charge in [0.25, 0.3) is 0 Å². The van der Waals surface area contributed by atoms with Crippen LogP contribution in [0.4, 0.5) is 0 Å². The number of carboxylic acid groups (broad SMARTS) is 1. The van der Waals surface area contributed by atoms with Crippen LogP contribution in [-0.2, 0) is 19.1 Å². The van der Waals surface area contributed by atoms with Gasteiger partial charge in [0.15, 0.2) is 0 Å². The Kier molecular flexibility index (Phi) is 2.22. The molecule has 2 unspecified atom stereocenters. The average Bonchev–Trinajstić information content (AvgIpc) is 2.17. The van der Waals surface area contributed by atoms with Gasteiger partial charge in [0.2, 0.25) is 6.29 Å². The number of rotatable bonds is 1. The van der Waals surface area contributed by atoms with Crippen LogP contribution >= 0.6 is 0 Å². The van der Waals surface area contributed by atoms with Crippen molar-refractivity contribution in [3.05, 3.63) is 23.5 Å². The molecule has 80 valence electrons. The quantitative estimate of drug-likeness (QED) is 0.512. The van der Waals surface area contributed by atoms with E-state index in [1.165, 1.54) is 0 Å². The summed E-state index contributed by atoms with van der Waals surface area (Å²) in [5.74, 6) is -1.97. The maximum Gasteiger partial charge on any atom is 0.337 e. The molecule has 1 fully saturated rings. The molecule has 0 aliphatic carbocycles. The van der Waals surface area contributed by atoms with Crippen LogP contribution < -0.4 is 0 Å². The van der Waals surface area contributed by atoms with Crippen molar-refractivity contribution in [2.75, 3.05) is 0 Å². The van der Waals surface area contributed by atoms with Gasteiger partial charge in [-0.1, -0.05) is 6.08 Å². The zero-order chi connectivity index (χ0) is 11.0. The molecule has 2 aliphatic rings. The minimum absolute atomic E-state index is 0.107. The van der Waals surface area contributed by atoms with Crippen molar-refractivity contribution in [1.29, 1.82) is 0 Å². The number of carbonyl (C=O) groups excluding carboxylic acids is 1. The zero-order valence-electron chi connectivity index (χ0n) is 8.10. The van der Waals surface area contributed by atoms with Crippen LogP contribution in [-0.4, -0.2) is 23.3 Å². The molecule has 0 aromatic carbocycles. The first kappa shape index (κ1) is 9.76. The van der Waals surface area contributed by atoms with Gasteiger partial charge < -0.3 is 14.6 Å². The van der Waals surface area contributed by atoms with Gasteiger partial charge in [-0.3, -0.25) is 0 Å². The molecule has 15 heavy (non-hydrogen) atoms. The fraction of sp³-hybridized carbons (Fsp3) is 0.400. The molecule has 5 heteroatoms. The second-order valence-electron chi connectivity index (χ2n) is 3.38. The molecule has 2 atom stereocenters. The number of aliphatic carboxylic acids is 1. The Labute approximate surface area is 86.0 Å². The molecule has 0 saturated carbocycles. The highest BCUT2D eigenvalue weighted by molar-refractivity contribution is 5.96. The largest absolute Gasteiger partial charge is 0.478 e. The van der Waals surface area contributed by atoms with E-state index in [9.17, 15) is 9.59 Å². The van der Waals surface area contributed by atoms with Gasteiger partial charge in [-0.2, -0.15) is 0 Å². The SMILES string of the molecule is CC=C1C(=O)OC2CC1C(C(=O)O)=CO2. The van der Waals surface area contributed by atoms with E-state index in [1.54, 1.807) is 13.0 Å². The Bertz CT molecular complexity index is 379. The molecular weight excluding hydrogens is 200 g/mol. The second kappa shape index (κ2) is 3.42. The lowest BCUT2D eigenvalue weighted by molar-refractivity contribution is -0.177. The molecular formula is C10H10O5. The fourth-order valence-corrected chi connectivity index (χ4v) is 1.82. The van der Waals surface area contributed by atoms with Gasteiger partial charge in [0, 0.05) is 17.9 Å². The van der Waals surface area contributed by atoms with Crippen molar-refractivity contribution in [2.45, 2.75) is 19.6 Å². The summed E-state index contributed by atoms with van der Waals surface area (Å²) >= 11 is 0. The number of fused-ring (bicyclic) bond motifs is 2. The maximum atomic E-state index is 11.4. The zero-order valence-corrected chi connectivity index (χ0v) is 8.10. The third-order valence-corrected chi connectivity index (χ3v) is 2.56. The first-order valence-electron chi connectivity index (χ1n) is 4.59. The van der Waals surface area contributed by atoms with E-state index < -0.39 is 24.1 Å². The van der Waals surface area contributed by atoms with Crippen molar-refractivity contribution in [3.8, 4) is 0 Å². The van der Waals surface area contributed by atoms with Crippen LogP contribution in [0.3, 0.4) is 0 Å². The summed E-state index contributed by atoms with van der Waals surface area (Å²) in [6.45, 7) is 1.69. The van der Waals surface area contributed by atoms with Gasteiger partial charge >= 0.3 is 11.9 Å². The molecule has 0 amide bonds. The Morgan fingerprint density at radius 3 is 3.00 bits per heavy atom. The number of allylic oxidation sites excluding steroid dienone is 1. The lowest BCUT2D eigenvalue weighted by atomic mass is 9.85. The Balaban J connectivity index is 2.40. The minimum Gasteiger partial charge on any atom is -0.478 e. The van der Waals surface area contributed by atoms with E-state index in [0.717, 1.165) is 6.26 Å². The summed E-state index contributed by atoms with van der Waals surface area (Å²) < 4.78 is 9.89. The molecule has 0 radical (unpaired) electrons. The molecule has 2 heterocycles. The molecule has 2 bridgehead atoms. The highest BCUT2D eigenvalue weighted by Gasteiger charge is 2.41. The van der Waals surface area contributed by atoms with Gasteiger partial charge in [0.1, 0.15) is 0 Å². The van der Waals surface area contributed by atoms with E-state index in [0.29, 0.717) is 12.0 Å². The summed E-state index contributed by atoms with van der Waals surface area (Å²) in [6.07, 6.45) is 2.49. The second-order valence-corrected chi connectivity index (χ2v) is 3.38. The van der Waals surface area contributed by atoms with Crippen LogP contribution in [0.2, 0.25) is 0 Å². The normalized spacial score (nSPS) is 31.7. The summed E-state index contributed by atoms with van der Waals surface area (Å²) in [6, 6.07) is 0. The highest BCUT2D eigenvalue weighted by atomic mass is 16.7. The van der Waals surface area contributed by atoms with Crippen molar-refractivity contribution in [2.24, 2.45) is 5.92 Å². The summed E-state index contributed by atoms with van der Waals surface area (Å²) in [5.41, 5.74) is 0.499. The molecule has 1 N–H and O–H groups in total. The summed E-state index contributed by atoms with van der Waals surface area (Å²) in [7, 11) is 0. The number of hydrogen-bond acceptors (Lipinski definition) is 4. The van der Waals surface area contributed by atoms with Gasteiger partial charge in [-0.05, 0) is 6.92 Å². The highest BCUT2D eigenvalue weighted by Crippen LogP contribution is 2.36. The van der Waals surface area contributed by atoms with Crippen LogP contribution in [0, 0.1) is 5.92 Å². The lowest BCUT2D eigenvalue weighted by Gasteiger charge is -2.33. The molecule has 0 aromatic heterocycles. The van der Waals surface area contributed by atoms with Crippen LogP contribution in [0.15, 0.2) is 23.5 Å². The van der Waals surface area contributed by atoms with E-state index >= 15 is 0 Å². The van der Waals surface area contributed by atoms with E-state index in [4.69, 9.17) is 14.6 Å². The average molecular weight is 210 g/mol. The van der Waals surface area contributed by atoms with E-state index in [1.807, 2.05) is 0 Å². The van der Waals surface area contributed by atoms with Crippen molar-refractivity contribution in [1.82, 2.24) is 0 Å².